The van der Waals surface area contributed by atoms with Gasteiger partial charge in [0.15, 0.2) is 0 Å². The Kier molecular flexibility index (Phi) is 3.57. The van der Waals surface area contributed by atoms with Crippen molar-refractivity contribution in [1.82, 2.24) is 0 Å². The summed E-state index contributed by atoms with van der Waals surface area (Å²) < 4.78 is 11.2. The third-order valence-corrected chi connectivity index (χ3v) is 4.40. The van der Waals surface area contributed by atoms with Crippen LogP contribution in [0.4, 0.5) is 0 Å². The zero-order valence-corrected chi connectivity index (χ0v) is 14.2. The lowest BCUT2D eigenvalue weighted by atomic mass is 9.94. The fourth-order valence-corrected chi connectivity index (χ4v) is 3.27. The minimum atomic E-state index is -0.692. The van der Waals surface area contributed by atoms with Gasteiger partial charge in [0.25, 0.3) is 0 Å². The van der Waals surface area contributed by atoms with Gasteiger partial charge in [-0.3, -0.25) is 0 Å². The van der Waals surface area contributed by atoms with E-state index in [9.17, 15) is 4.79 Å². The van der Waals surface area contributed by atoms with Crippen molar-refractivity contribution in [2.45, 2.75) is 20.1 Å². The average molecular weight is 330 g/mol. The van der Waals surface area contributed by atoms with Crippen LogP contribution in [0.2, 0.25) is 0 Å². The van der Waals surface area contributed by atoms with Crippen molar-refractivity contribution in [3.63, 3.8) is 0 Å². The molecule has 0 heterocycles. The number of esters is 1. The molecule has 0 aliphatic heterocycles. The minimum Gasteiger partial charge on any atom is -0.454 e. The van der Waals surface area contributed by atoms with Crippen molar-refractivity contribution in [2.24, 2.45) is 0 Å². The third-order valence-electron chi connectivity index (χ3n) is 4.40. The molecule has 124 valence electrons. The fraction of sp³-hybridized carbons (Fsp3) is 0.136. The van der Waals surface area contributed by atoms with E-state index >= 15 is 0 Å². The van der Waals surface area contributed by atoms with Crippen LogP contribution in [0.3, 0.4) is 0 Å². The quantitative estimate of drug-likeness (QED) is 0.217. The number of rotatable bonds is 4. The second-order valence-corrected chi connectivity index (χ2v) is 6.29. The summed E-state index contributed by atoms with van der Waals surface area (Å²) in [6, 6.07) is 18.7. The fourth-order valence-electron chi connectivity index (χ4n) is 3.27. The van der Waals surface area contributed by atoms with Crippen LogP contribution in [-0.2, 0) is 9.53 Å². The molecule has 1 unspecified atom stereocenters. The number of carbonyl (C=O) groups is 1. The molecule has 0 aliphatic rings. The van der Waals surface area contributed by atoms with E-state index < -0.39 is 12.3 Å². The summed E-state index contributed by atoms with van der Waals surface area (Å²) in [6.45, 7) is 6.91. The van der Waals surface area contributed by atoms with Gasteiger partial charge in [-0.05, 0) is 40.6 Å². The van der Waals surface area contributed by atoms with Crippen LogP contribution in [0.1, 0.15) is 13.8 Å². The summed E-state index contributed by atoms with van der Waals surface area (Å²) in [4.78, 5) is 11.7. The Bertz CT molecular complexity index is 1090. The highest BCUT2D eigenvalue weighted by atomic mass is 16.7. The van der Waals surface area contributed by atoms with Gasteiger partial charge in [-0.2, -0.15) is 0 Å². The lowest BCUT2D eigenvalue weighted by Gasteiger charge is -2.18. The molecule has 4 aromatic carbocycles. The maximum Gasteiger partial charge on any atom is 0.336 e. The molecule has 0 aromatic heterocycles. The number of hydrogen-bond acceptors (Lipinski definition) is 3. The van der Waals surface area contributed by atoms with Gasteiger partial charge in [-0.1, -0.05) is 49.0 Å². The second-order valence-electron chi connectivity index (χ2n) is 6.29. The van der Waals surface area contributed by atoms with Crippen LogP contribution < -0.4 is 4.74 Å². The van der Waals surface area contributed by atoms with Gasteiger partial charge >= 0.3 is 5.97 Å². The van der Waals surface area contributed by atoms with Crippen LogP contribution in [0.5, 0.6) is 5.75 Å². The van der Waals surface area contributed by atoms with E-state index in [2.05, 4.69) is 49.0 Å². The molecule has 0 spiro atoms. The first kappa shape index (κ1) is 15.5. The molecule has 3 nitrogen and oxygen atoms in total. The van der Waals surface area contributed by atoms with E-state index in [0.29, 0.717) is 11.3 Å². The molecule has 0 amide bonds. The normalized spacial score (nSPS) is 12.6. The molecular weight excluding hydrogens is 312 g/mol. The summed E-state index contributed by atoms with van der Waals surface area (Å²) in [5.41, 5.74) is 0.353. The Labute approximate surface area is 145 Å². The van der Waals surface area contributed by atoms with Gasteiger partial charge in [-0.25, -0.2) is 4.79 Å². The molecule has 0 fully saturated rings. The highest BCUT2D eigenvalue weighted by Gasteiger charge is 2.15. The first-order valence-electron chi connectivity index (χ1n) is 8.24. The van der Waals surface area contributed by atoms with Crippen molar-refractivity contribution >= 4 is 38.3 Å². The predicted octanol–water partition coefficient (Wildman–Crippen LogP) is 5.43. The standard InChI is InChI=1S/C22H18O3/c1-13(2)22(23)25-14(3)24-19-12-10-17-8-7-15-5-4-6-16-9-11-18(19)21(17)20(15)16/h4-12,14H,1H2,2-3H3. The lowest BCUT2D eigenvalue weighted by Crippen LogP contribution is -2.21. The van der Waals surface area contributed by atoms with Crippen molar-refractivity contribution in [1.29, 1.82) is 0 Å². The second kappa shape index (κ2) is 5.78. The van der Waals surface area contributed by atoms with Crippen LogP contribution in [0.15, 0.2) is 66.7 Å². The van der Waals surface area contributed by atoms with Gasteiger partial charge < -0.3 is 9.47 Å². The molecule has 1 atom stereocenters. The molecule has 3 heteroatoms. The molecule has 4 rings (SSSR count). The summed E-state index contributed by atoms with van der Waals surface area (Å²) >= 11 is 0. The first-order valence-corrected chi connectivity index (χ1v) is 8.24. The number of carbonyl (C=O) groups excluding carboxylic acids is 1. The summed E-state index contributed by atoms with van der Waals surface area (Å²) in [5, 5.41) is 6.99. The van der Waals surface area contributed by atoms with E-state index in [-0.39, 0.29) is 0 Å². The third kappa shape index (κ3) is 2.58. The van der Waals surface area contributed by atoms with Gasteiger partial charge in [0.2, 0.25) is 6.29 Å². The number of ether oxygens (including phenoxy) is 2. The highest BCUT2D eigenvalue weighted by molar-refractivity contribution is 6.24. The van der Waals surface area contributed by atoms with E-state index in [1.165, 1.54) is 26.9 Å². The van der Waals surface area contributed by atoms with E-state index in [1.807, 2.05) is 12.1 Å². The van der Waals surface area contributed by atoms with E-state index in [4.69, 9.17) is 9.47 Å². The Balaban J connectivity index is 1.82. The molecule has 0 bridgehead atoms. The van der Waals surface area contributed by atoms with E-state index in [0.717, 1.165) is 5.39 Å². The molecule has 0 radical (unpaired) electrons. The van der Waals surface area contributed by atoms with Crippen molar-refractivity contribution in [3.8, 4) is 5.75 Å². The SMILES string of the molecule is C=C(C)C(=O)OC(C)Oc1ccc2ccc3cccc4ccc1c2c34. The highest BCUT2D eigenvalue weighted by Crippen LogP contribution is 2.38. The minimum absolute atomic E-state index is 0.353. The largest absolute Gasteiger partial charge is 0.454 e. The van der Waals surface area contributed by atoms with Crippen LogP contribution in [0.25, 0.3) is 32.3 Å². The van der Waals surface area contributed by atoms with E-state index in [1.54, 1.807) is 13.8 Å². The van der Waals surface area contributed by atoms with Crippen LogP contribution in [-0.4, -0.2) is 12.3 Å². The van der Waals surface area contributed by atoms with Gasteiger partial charge in [0.05, 0.1) is 0 Å². The lowest BCUT2D eigenvalue weighted by molar-refractivity contribution is -0.156. The topological polar surface area (TPSA) is 35.5 Å². The van der Waals surface area contributed by atoms with Gasteiger partial charge in [0, 0.05) is 23.3 Å². The van der Waals surface area contributed by atoms with Crippen molar-refractivity contribution in [3.05, 3.63) is 66.7 Å². The van der Waals surface area contributed by atoms with Crippen molar-refractivity contribution in [2.75, 3.05) is 0 Å². The molecule has 0 N–H and O–H groups in total. The predicted molar refractivity (Wildman–Crippen MR) is 101 cm³/mol. The Hall–Kier alpha value is -3.07. The smallest absolute Gasteiger partial charge is 0.336 e. The molecule has 0 saturated heterocycles. The molecular formula is C22H18O3. The van der Waals surface area contributed by atoms with Gasteiger partial charge in [0.1, 0.15) is 5.75 Å². The molecule has 0 saturated carbocycles. The summed E-state index contributed by atoms with van der Waals surface area (Å²) in [7, 11) is 0. The average Bonchev–Trinajstić information content (AvgIpc) is 2.60. The van der Waals surface area contributed by atoms with Crippen molar-refractivity contribution < 1.29 is 14.3 Å². The monoisotopic (exact) mass is 330 g/mol. The maximum absolute atomic E-state index is 11.7. The first-order chi connectivity index (χ1) is 12.0. The maximum atomic E-state index is 11.7. The Morgan fingerprint density at radius 1 is 0.920 bits per heavy atom. The molecule has 0 aliphatic carbocycles. The zero-order valence-electron chi connectivity index (χ0n) is 14.2. The van der Waals surface area contributed by atoms with Crippen LogP contribution in [0, 0.1) is 0 Å². The van der Waals surface area contributed by atoms with Gasteiger partial charge in [-0.15, -0.1) is 0 Å². The zero-order chi connectivity index (χ0) is 17.6. The number of hydrogen-bond donors (Lipinski definition) is 0. The summed E-state index contributed by atoms with van der Waals surface area (Å²) in [6.07, 6.45) is -0.692. The molecule has 25 heavy (non-hydrogen) atoms. The Morgan fingerprint density at radius 3 is 2.20 bits per heavy atom. The van der Waals surface area contributed by atoms with Crippen LogP contribution >= 0.6 is 0 Å². The Morgan fingerprint density at radius 2 is 1.52 bits per heavy atom. The summed E-state index contributed by atoms with van der Waals surface area (Å²) in [5.74, 6) is 0.248. The number of benzene rings is 4. The molecule has 4 aromatic rings.